The molecule has 1 amide bonds. The Morgan fingerprint density at radius 1 is 1.08 bits per heavy atom. The molecule has 1 aromatic carbocycles. The third kappa shape index (κ3) is 7.95. The fourth-order valence-corrected chi connectivity index (χ4v) is 3.09. The molecule has 1 aliphatic carbocycles. The van der Waals surface area contributed by atoms with Crippen LogP contribution in [0, 0.1) is 11.8 Å². The number of hydrogen-bond acceptors (Lipinski definition) is 3. The van der Waals surface area contributed by atoms with Gasteiger partial charge in [-0.15, -0.1) is 24.8 Å². The molecule has 2 fully saturated rings. The Morgan fingerprint density at radius 3 is 2.32 bits per heavy atom. The topological polar surface area (TPSA) is 44.4 Å². The van der Waals surface area contributed by atoms with Crippen LogP contribution < -0.4 is 10.6 Å². The van der Waals surface area contributed by atoms with Crippen molar-refractivity contribution < 1.29 is 4.79 Å². The van der Waals surface area contributed by atoms with E-state index in [4.69, 9.17) is 0 Å². The molecule has 25 heavy (non-hydrogen) atoms. The number of halogens is 2. The number of nitrogens with zero attached hydrogens (tertiary/aromatic N) is 1. The summed E-state index contributed by atoms with van der Waals surface area (Å²) < 4.78 is 0. The molecule has 1 saturated heterocycles. The van der Waals surface area contributed by atoms with Gasteiger partial charge in [0, 0.05) is 12.2 Å². The Morgan fingerprint density at radius 2 is 1.72 bits per heavy atom. The molecule has 0 unspecified atom stereocenters. The van der Waals surface area contributed by atoms with Crippen LogP contribution >= 0.6 is 24.8 Å². The molecule has 0 spiro atoms. The zero-order valence-corrected chi connectivity index (χ0v) is 16.6. The minimum atomic E-state index is 0. The van der Waals surface area contributed by atoms with Crippen LogP contribution in [-0.2, 0) is 11.3 Å². The van der Waals surface area contributed by atoms with E-state index in [-0.39, 0.29) is 30.7 Å². The molecule has 1 aliphatic heterocycles. The lowest BCUT2D eigenvalue weighted by Crippen LogP contribution is -2.32. The lowest BCUT2D eigenvalue weighted by Gasteiger charge is -2.30. The summed E-state index contributed by atoms with van der Waals surface area (Å²) in [5.74, 6) is 1.72. The Labute approximate surface area is 163 Å². The van der Waals surface area contributed by atoms with Crippen molar-refractivity contribution in [3.63, 3.8) is 0 Å². The van der Waals surface area contributed by atoms with E-state index in [1.165, 1.54) is 44.3 Å². The summed E-state index contributed by atoms with van der Waals surface area (Å²) >= 11 is 0. The molecule has 1 aromatic rings. The quantitative estimate of drug-likeness (QED) is 0.749. The van der Waals surface area contributed by atoms with Crippen LogP contribution in [0.3, 0.4) is 0 Å². The van der Waals surface area contributed by atoms with Gasteiger partial charge in [0.15, 0.2) is 0 Å². The molecule has 4 nitrogen and oxygen atoms in total. The van der Waals surface area contributed by atoms with Gasteiger partial charge in [0.05, 0.1) is 6.54 Å². The van der Waals surface area contributed by atoms with E-state index in [9.17, 15) is 4.79 Å². The summed E-state index contributed by atoms with van der Waals surface area (Å²) in [6.45, 7) is 7.14. The predicted octanol–water partition coefficient (Wildman–Crippen LogP) is 3.70. The zero-order valence-electron chi connectivity index (χ0n) is 15.0. The first-order chi connectivity index (χ1) is 11.2. The Hall–Kier alpha value is -0.810. The van der Waals surface area contributed by atoms with Gasteiger partial charge in [0.25, 0.3) is 0 Å². The lowest BCUT2D eigenvalue weighted by atomic mass is 9.99. The number of hydrogen-bond donors (Lipinski definition) is 2. The number of rotatable bonds is 7. The standard InChI is InChI=1S/C19H29N3O.2ClH/c1-15-8-10-22(11-9-15)14-17-4-6-18(7-5-17)21-19(23)13-20-12-16-2-3-16;;/h4-7,15-16,20H,2-3,8-14H2,1H3,(H,21,23);2*1H. The summed E-state index contributed by atoms with van der Waals surface area (Å²) in [4.78, 5) is 14.4. The summed E-state index contributed by atoms with van der Waals surface area (Å²) in [6, 6.07) is 8.29. The third-order valence-corrected chi connectivity index (χ3v) is 4.94. The summed E-state index contributed by atoms with van der Waals surface area (Å²) in [6.07, 6.45) is 5.24. The summed E-state index contributed by atoms with van der Waals surface area (Å²) in [7, 11) is 0. The highest BCUT2D eigenvalue weighted by Crippen LogP contribution is 2.27. The van der Waals surface area contributed by atoms with E-state index in [1.807, 2.05) is 12.1 Å². The van der Waals surface area contributed by atoms with E-state index in [2.05, 4.69) is 34.6 Å². The van der Waals surface area contributed by atoms with Crippen molar-refractivity contribution in [2.45, 2.75) is 39.2 Å². The molecule has 3 rings (SSSR count). The van der Waals surface area contributed by atoms with Crippen LogP contribution in [0.2, 0.25) is 0 Å². The smallest absolute Gasteiger partial charge is 0.238 e. The van der Waals surface area contributed by atoms with E-state index in [0.29, 0.717) is 6.54 Å². The molecule has 2 aliphatic rings. The zero-order chi connectivity index (χ0) is 16.1. The second-order valence-electron chi connectivity index (χ2n) is 7.28. The van der Waals surface area contributed by atoms with Gasteiger partial charge in [-0.05, 0) is 74.8 Å². The van der Waals surface area contributed by atoms with Gasteiger partial charge in [0.1, 0.15) is 0 Å². The van der Waals surface area contributed by atoms with E-state index in [1.54, 1.807) is 0 Å². The number of piperidine rings is 1. The summed E-state index contributed by atoms with van der Waals surface area (Å²) in [5, 5.41) is 6.18. The maximum absolute atomic E-state index is 11.9. The van der Waals surface area contributed by atoms with Gasteiger partial charge in [-0.25, -0.2) is 0 Å². The minimum Gasteiger partial charge on any atom is -0.325 e. The second-order valence-corrected chi connectivity index (χ2v) is 7.28. The number of anilines is 1. The van der Waals surface area contributed by atoms with Gasteiger partial charge in [0.2, 0.25) is 5.91 Å². The number of amides is 1. The van der Waals surface area contributed by atoms with Crippen molar-refractivity contribution in [2.75, 3.05) is 31.5 Å². The molecule has 1 saturated carbocycles. The van der Waals surface area contributed by atoms with Crippen molar-refractivity contribution in [3.05, 3.63) is 29.8 Å². The van der Waals surface area contributed by atoms with Crippen molar-refractivity contribution >= 4 is 36.4 Å². The molecule has 142 valence electrons. The van der Waals surface area contributed by atoms with Crippen LogP contribution in [0.5, 0.6) is 0 Å². The molecule has 0 bridgehead atoms. The van der Waals surface area contributed by atoms with E-state index < -0.39 is 0 Å². The number of benzene rings is 1. The fraction of sp³-hybridized carbons (Fsp3) is 0.632. The molecule has 0 aromatic heterocycles. The monoisotopic (exact) mass is 387 g/mol. The molecule has 1 heterocycles. The van der Waals surface area contributed by atoms with Gasteiger partial charge in [-0.3, -0.25) is 9.69 Å². The Balaban J connectivity index is 0.00000156. The first-order valence-corrected chi connectivity index (χ1v) is 9.01. The lowest BCUT2D eigenvalue weighted by molar-refractivity contribution is -0.115. The highest BCUT2D eigenvalue weighted by Gasteiger charge is 2.20. The van der Waals surface area contributed by atoms with Gasteiger partial charge in [-0.1, -0.05) is 19.1 Å². The summed E-state index contributed by atoms with van der Waals surface area (Å²) in [5.41, 5.74) is 2.21. The average Bonchev–Trinajstić information content (AvgIpc) is 3.36. The highest BCUT2D eigenvalue weighted by molar-refractivity contribution is 5.92. The molecular weight excluding hydrogens is 357 g/mol. The fourth-order valence-electron chi connectivity index (χ4n) is 3.09. The van der Waals surface area contributed by atoms with Crippen LogP contribution in [0.25, 0.3) is 0 Å². The van der Waals surface area contributed by atoms with Crippen LogP contribution in [-0.4, -0.2) is 37.0 Å². The van der Waals surface area contributed by atoms with E-state index in [0.717, 1.165) is 30.6 Å². The van der Waals surface area contributed by atoms with Crippen molar-refractivity contribution in [1.29, 1.82) is 0 Å². The van der Waals surface area contributed by atoms with Crippen LogP contribution in [0.1, 0.15) is 38.2 Å². The SMILES string of the molecule is CC1CCN(Cc2ccc(NC(=O)CNCC3CC3)cc2)CC1.Cl.Cl. The van der Waals surface area contributed by atoms with Gasteiger partial charge in [-0.2, -0.15) is 0 Å². The van der Waals surface area contributed by atoms with Gasteiger partial charge >= 0.3 is 0 Å². The normalized spacial score (nSPS) is 18.1. The number of carbonyl (C=O) groups is 1. The maximum atomic E-state index is 11.9. The molecule has 6 heteroatoms. The Bertz CT molecular complexity index is 512. The first-order valence-electron chi connectivity index (χ1n) is 9.01. The number of nitrogens with one attached hydrogen (secondary N) is 2. The number of carbonyl (C=O) groups excluding carboxylic acids is 1. The van der Waals surface area contributed by atoms with Crippen molar-refractivity contribution in [2.24, 2.45) is 11.8 Å². The van der Waals surface area contributed by atoms with Crippen LogP contribution in [0.4, 0.5) is 5.69 Å². The minimum absolute atomic E-state index is 0. The maximum Gasteiger partial charge on any atom is 0.238 e. The van der Waals surface area contributed by atoms with Crippen LogP contribution in [0.15, 0.2) is 24.3 Å². The Kier molecular flexibility index (Phi) is 9.80. The molecule has 0 radical (unpaired) electrons. The second kappa shape index (κ2) is 11.0. The largest absolute Gasteiger partial charge is 0.325 e. The molecule has 2 N–H and O–H groups in total. The van der Waals surface area contributed by atoms with E-state index >= 15 is 0 Å². The number of likely N-dealkylation sites (tertiary alicyclic amines) is 1. The predicted molar refractivity (Wildman–Crippen MR) is 109 cm³/mol. The first kappa shape index (κ1) is 22.2. The van der Waals surface area contributed by atoms with Crippen molar-refractivity contribution in [3.8, 4) is 0 Å². The molecular formula is C19H31Cl2N3O. The third-order valence-electron chi connectivity index (χ3n) is 4.94. The van der Waals surface area contributed by atoms with Crippen molar-refractivity contribution in [1.82, 2.24) is 10.2 Å². The highest BCUT2D eigenvalue weighted by atomic mass is 35.5. The van der Waals surface area contributed by atoms with Gasteiger partial charge < -0.3 is 10.6 Å². The molecule has 0 atom stereocenters. The average molecular weight is 388 g/mol.